The summed E-state index contributed by atoms with van der Waals surface area (Å²) >= 11 is 0. The maximum absolute atomic E-state index is 13.2. The number of alkyl halides is 3. The van der Waals surface area contributed by atoms with Gasteiger partial charge in [0.1, 0.15) is 5.75 Å². The summed E-state index contributed by atoms with van der Waals surface area (Å²) < 4.78 is 68.8. The first kappa shape index (κ1) is 21.8. The molecule has 0 aliphatic rings. The fourth-order valence-electron chi connectivity index (χ4n) is 2.84. The normalized spacial score (nSPS) is 13.4. The summed E-state index contributed by atoms with van der Waals surface area (Å²) in [6.45, 7) is 4.54. The monoisotopic (exact) mass is 440 g/mol. The van der Waals surface area contributed by atoms with E-state index in [1.807, 2.05) is 19.9 Å². The van der Waals surface area contributed by atoms with Crippen molar-refractivity contribution in [1.82, 2.24) is 9.78 Å². The maximum Gasteiger partial charge on any atom is 0.425 e. The van der Waals surface area contributed by atoms with E-state index in [2.05, 4.69) is 5.10 Å². The van der Waals surface area contributed by atoms with Crippen molar-refractivity contribution in [2.75, 3.05) is 6.26 Å². The molecule has 0 amide bonds. The van der Waals surface area contributed by atoms with Crippen molar-refractivity contribution in [1.29, 1.82) is 0 Å². The SMILES string of the molecule is Cc1cc2cnn(C(=O)c3cc(S(C)(=O)=O)ccc3O[C@@H](C)C(F)(F)F)c2cc1C. The Hall–Kier alpha value is -2.88. The van der Waals surface area contributed by atoms with Gasteiger partial charge in [0, 0.05) is 11.6 Å². The van der Waals surface area contributed by atoms with Crippen LogP contribution in [-0.2, 0) is 9.84 Å². The number of ether oxygens (including phenoxy) is 1. The molecule has 1 atom stereocenters. The molecule has 1 heterocycles. The fourth-order valence-corrected chi connectivity index (χ4v) is 3.48. The minimum absolute atomic E-state index is 0.221. The van der Waals surface area contributed by atoms with Crippen molar-refractivity contribution in [2.45, 2.75) is 37.9 Å². The van der Waals surface area contributed by atoms with Crippen LogP contribution in [0.25, 0.3) is 10.9 Å². The van der Waals surface area contributed by atoms with E-state index in [-0.39, 0.29) is 16.2 Å². The molecule has 2 aromatic carbocycles. The van der Waals surface area contributed by atoms with Crippen LogP contribution < -0.4 is 4.74 Å². The molecule has 0 saturated carbocycles. The van der Waals surface area contributed by atoms with Gasteiger partial charge in [0.25, 0.3) is 5.91 Å². The second-order valence-electron chi connectivity index (χ2n) is 7.09. The Morgan fingerprint density at radius 3 is 2.37 bits per heavy atom. The summed E-state index contributed by atoms with van der Waals surface area (Å²) in [5.41, 5.74) is 1.99. The first-order valence-electron chi connectivity index (χ1n) is 8.86. The molecule has 0 unspecified atom stereocenters. The number of sulfone groups is 1. The largest absolute Gasteiger partial charge is 0.480 e. The van der Waals surface area contributed by atoms with Gasteiger partial charge in [-0.15, -0.1) is 0 Å². The molecule has 0 aliphatic carbocycles. The highest BCUT2D eigenvalue weighted by molar-refractivity contribution is 7.90. The second-order valence-corrected chi connectivity index (χ2v) is 9.10. The molecule has 0 aliphatic heterocycles. The minimum Gasteiger partial charge on any atom is -0.480 e. The first-order chi connectivity index (χ1) is 13.8. The molecule has 0 bridgehead atoms. The number of benzene rings is 2. The molecule has 0 radical (unpaired) electrons. The quantitative estimate of drug-likeness (QED) is 0.611. The molecule has 0 fully saturated rings. The Bertz CT molecular complexity index is 1250. The average Bonchev–Trinajstić information content (AvgIpc) is 3.02. The number of nitrogens with zero attached hydrogens (tertiary/aromatic N) is 2. The summed E-state index contributed by atoms with van der Waals surface area (Å²) in [6.07, 6.45) is -4.47. The van der Waals surface area contributed by atoms with E-state index in [9.17, 15) is 26.4 Å². The van der Waals surface area contributed by atoms with Gasteiger partial charge in [0.2, 0.25) is 0 Å². The minimum atomic E-state index is -4.66. The molecule has 3 rings (SSSR count). The second kappa shape index (κ2) is 7.42. The number of hydrogen-bond acceptors (Lipinski definition) is 5. The van der Waals surface area contributed by atoms with E-state index in [4.69, 9.17) is 4.74 Å². The first-order valence-corrected chi connectivity index (χ1v) is 10.8. The molecular weight excluding hydrogens is 421 g/mol. The molecule has 1 aromatic heterocycles. The molecule has 3 aromatic rings. The Kier molecular flexibility index (Phi) is 5.40. The van der Waals surface area contributed by atoms with Crippen molar-refractivity contribution in [3.63, 3.8) is 0 Å². The van der Waals surface area contributed by atoms with Gasteiger partial charge < -0.3 is 4.74 Å². The number of carbonyl (C=O) groups excluding carboxylic acids is 1. The van der Waals surface area contributed by atoms with Crippen LogP contribution in [-0.4, -0.2) is 42.6 Å². The van der Waals surface area contributed by atoms with Gasteiger partial charge >= 0.3 is 6.18 Å². The predicted molar refractivity (Wildman–Crippen MR) is 105 cm³/mol. The van der Waals surface area contributed by atoms with Crippen LogP contribution in [0.1, 0.15) is 28.4 Å². The van der Waals surface area contributed by atoms with Crippen molar-refractivity contribution >= 4 is 26.6 Å². The molecule has 6 nitrogen and oxygen atoms in total. The number of aromatic nitrogens is 2. The molecule has 0 spiro atoms. The number of rotatable bonds is 4. The lowest BCUT2D eigenvalue weighted by atomic mass is 10.1. The van der Waals surface area contributed by atoms with Crippen molar-refractivity contribution in [3.05, 3.63) is 53.2 Å². The third-order valence-electron chi connectivity index (χ3n) is 4.75. The Balaban J connectivity index is 2.17. The number of halogens is 3. The third-order valence-corrected chi connectivity index (χ3v) is 5.86. The van der Waals surface area contributed by atoms with Crippen molar-refractivity contribution in [3.8, 4) is 5.75 Å². The van der Waals surface area contributed by atoms with E-state index in [1.54, 1.807) is 6.07 Å². The molecule has 160 valence electrons. The van der Waals surface area contributed by atoms with Gasteiger partial charge in [-0.05, 0) is 62.2 Å². The van der Waals surface area contributed by atoms with Crippen LogP contribution in [0.15, 0.2) is 41.4 Å². The zero-order valence-corrected chi connectivity index (χ0v) is 17.4. The van der Waals surface area contributed by atoms with Gasteiger partial charge in [-0.2, -0.15) is 23.0 Å². The van der Waals surface area contributed by atoms with Crippen LogP contribution in [0.4, 0.5) is 13.2 Å². The van der Waals surface area contributed by atoms with Gasteiger partial charge in [-0.25, -0.2) is 8.42 Å². The summed E-state index contributed by atoms with van der Waals surface area (Å²) in [4.78, 5) is 13.0. The maximum atomic E-state index is 13.2. The van der Waals surface area contributed by atoms with Gasteiger partial charge in [0.05, 0.1) is 22.2 Å². The topological polar surface area (TPSA) is 78.3 Å². The lowest BCUT2D eigenvalue weighted by molar-refractivity contribution is -0.189. The van der Waals surface area contributed by atoms with Crippen molar-refractivity contribution in [2.24, 2.45) is 0 Å². The van der Waals surface area contributed by atoms with E-state index in [0.29, 0.717) is 10.9 Å². The van der Waals surface area contributed by atoms with Gasteiger partial charge in [0.15, 0.2) is 15.9 Å². The van der Waals surface area contributed by atoms with E-state index < -0.39 is 28.0 Å². The fraction of sp³-hybridized carbons (Fsp3) is 0.300. The summed E-state index contributed by atoms with van der Waals surface area (Å²) in [7, 11) is -3.72. The number of aryl methyl sites for hydroxylation is 2. The summed E-state index contributed by atoms with van der Waals surface area (Å²) in [6, 6.07) is 6.71. The van der Waals surface area contributed by atoms with Crippen LogP contribution >= 0.6 is 0 Å². The molecule has 10 heteroatoms. The highest BCUT2D eigenvalue weighted by Gasteiger charge is 2.39. The highest BCUT2D eigenvalue weighted by atomic mass is 32.2. The Morgan fingerprint density at radius 2 is 1.77 bits per heavy atom. The number of hydrogen-bond donors (Lipinski definition) is 0. The Morgan fingerprint density at radius 1 is 1.13 bits per heavy atom. The average molecular weight is 440 g/mol. The van der Waals surface area contributed by atoms with Crippen LogP contribution in [0.5, 0.6) is 5.75 Å². The van der Waals surface area contributed by atoms with Gasteiger partial charge in [-0.3, -0.25) is 4.79 Å². The molecule has 0 N–H and O–H groups in total. The lowest BCUT2D eigenvalue weighted by Gasteiger charge is -2.20. The standard InChI is InChI=1S/C20H19F3N2O4S/c1-11-7-14-10-24-25(17(14)8-12(11)2)19(26)16-9-15(30(4,27)28)5-6-18(16)29-13(3)20(21,22)23/h5-10,13H,1-4H3/t13-/m0/s1. The zero-order valence-electron chi connectivity index (χ0n) is 16.6. The number of carbonyl (C=O) groups is 1. The van der Waals surface area contributed by atoms with Gasteiger partial charge in [-0.1, -0.05) is 0 Å². The smallest absolute Gasteiger partial charge is 0.425 e. The zero-order chi connectivity index (χ0) is 22.4. The highest BCUT2D eigenvalue weighted by Crippen LogP contribution is 2.30. The number of fused-ring (bicyclic) bond motifs is 1. The molecule has 30 heavy (non-hydrogen) atoms. The third kappa shape index (κ3) is 4.18. The van der Waals surface area contributed by atoms with Crippen LogP contribution in [0, 0.1) is 13.8 Å². The Labute approximate surface area is 171 Å². The van der Waals surface area contributed by atoms with E-state index >= 15 is 0 Å². The molecular formula is C20H19F3N2O4S. The van der Waals surface area contributed by atoms with Crippen LogP contribution in [0.2, 0.25) is 0 Å². The summed E-state index contributed by atoms with van der Waals surface area (Å²) in [5.74, 6) is -1.19. The lowest BCUT2D eigenvalue weighted by Crippen LogP contribution is -2.32. The van der Waals surface area contributed by atoms with E-state index in [1.165, 1.54) is 6.20 Å². The predicted octanol–water partition coefficient (Wildman–Crippen LogP) is 4.07. The van der Waals surface area contributed by atoms with Crippen LogP contribution in [0.3, 0.4) is 0 Å². The van der Waals surface area contributed by atoms with Crippen molar-refractivity contribution < 1.29 is 31.1 Å². The van der Waals surface area contributed by atoms with E-state index in [0.717, 1.165) is 47.2 Å². The molecule has 0 saturated heterocycles. The summed E-state index contributed by atoms with van der Waals surface area (Å²) in [5, 5.41) is 4.72.